The number of nitrogens with one attached hydrogen (secondary N) is 6. The maximum absolute atomic E-state index is 13.8. The van der Waals surface area contributed by atoms with Crippen LogP contribution in [-0.2, 0) is 52.8 Å². The van der Waals surface area contributed by atoms with Gasteiger partial charge in [0, 0.05) is 19.4 Å². The van der Waals surface area contributed by atoms with Crippen LogP contribution in [0.15, 0.2) is 78.9 Å². The normalized spacial score (nSPS) is 13.9. The molecular formula is C52H77N9O8. The monoisotopic (exact) mass is 956 g/mol. The summed E-state index contributed by atoms with van der Waals surface area (Å²) in [6.07, 6.45) is 2.70. The van der Waals surface area contributed by atoms with Gasteiger partial charge in [0.1, 0.15) is 30.2 Å². The van der Waals surface area contributed by atoms with Crippen LogP contribution in [0, 0.1) is 17.8 Å². The number of amides is 6. The van der Waals surface area contributed by atoms with Crippen LogP contribution in [0.4, 0.5) is 0 Å². The summed E-state index contributed by atoms with van der Waals surface area (Å²) in [4.78, 5) is 92.5. The van der Waals surface area contributed by atoms with Crippen LogP contribution in [0.2, 0.25) is 0 Å². The van der Waals surface area contributed by atoms with E-state index in [1.54, 1.807) is 13.8 Å². The van der Waals surface area contributed by atoms with Crippen LogP contribution in [0.5, 0.6) is 0 Å². The van der Waals surface area contributed by atoms with Crippen LogP contribution in [0.25, 0.3) is 11.1 Å². The zero-order chi connectivity index (χ0) is 51.0. The lowest BCUT2D eigenvalue weighted by Crippen LogP contribution is -2.57. The van der Waals surface area contributed by atoms with Gasteiger partial charge in [0.25, 0.3) is 0 Å². The number of rotatable bonds is 30. The number of hydrogen-bond acceptors (Lipinski definition) is 10. The van der Waals surface area contributed by atoms with Crippen molar-refractivity contribution in [3.8, 4) is 11.1 Å². The predicted molar refractivity (Wildman–Crippen MR) is 268 cm³/mol. The van der Waals surface area contributed by atoms with Crippen molar-refractivity contribution in [3.05, 3.63) is 95.6 Å². The number of carbonyl (C=O) groups is 7. The lowest BCUT2D eigenvalue weighted by Gasteiger charge is -2.26. The first-order valence-corrected chi connectivity index (χ1v) is 24.2. The van der Waals surface area contributed by atoms with E-state index in [1.165, 1.54) is 0 Å². The van der Waals surface area contributed by atoms with Crippen molar-refractivity contribution in [2.45, 2.75) is 136 Å². The fourth-order valence-corrected chi connectivity index (χ4v) is 7.71. The Morgan fingerprint density at radius 3 is 1.72 bits per heavy atom. The second-order valence-corrected chi connectivity index (χ2v) is 18.7. The van der Waals surface area contributed by atoms with E-state index in [0.29, 0.717) is 32.2 Å². The first-order chi connectivity index (χ1) is 32.8. The summed E-state index contributed by atoms with van der Waals surface area (Å²) in [5, 5.41) is 26.4. The van der Waals surface area contributed by atoms with Crippen LogP contribution < -0.4 is 49.1 Å². The fraction of sp³-hybridized carbons (Fsp3) is 0.519. The maximum Gasteiger partial charge on any atom is 0.326 e. The predicted octanol–water partition coefficient (Wildman–Crippen LogP) is 2.86. The Bertz CT molecular complexity index is 2130. The van der Waals surface area contributed by atoms with Gasteiger partial charge in [0.05, 0.1) is 6.04 Å². The van der Waals surface area contributed by atoms with Crippen LogP contribution in [-0.4, -0.2) is 102 Å². The molecule has 0 aliphatic rings. The van der Waals surface area contributed by atoms with Gasteiger partial charge in [-0.1, -0.05) is 120 Å². The third-order valence-corrected chi connectivity index (χ3v) is 11.8. The Labute approximate surface area is 407 Å². The highest BCUT2D eigenvalue weighted by atomic mass is 16.4. The average Bonchev–Trinajstić information content (AvgIpc) is 3.31. The lowest BCUT2D eigenvalue weighted by atomic mass is 9.94. The van der Waals surface area contributed by atoms with E-state index >= 15 is 0 Å². The Morgan fingerprint density at radius 1 is 0.580 bits per heavy atom. The molecule has 6 atom stereocenters. The summed E-state index contributed by atoms with van der Waals surface area (Å²) >= 11 is 0. The van der Waals surface area contributed by atoms with E-state index < -0.39 is 65.8 Å². The topological polar surface area (TPSA) is 290 Å². The van der Waals surface area contributed by atoms with Crippen LogP contribution in [0.1, 0.15) is 96.8 Å². The van der Waals surface area contributed by atoms with Crippen molar-refractivity contribution in [2.24, 2.45) is 35.0 Å². The zero-order valence-electron chi connectivity index (χ0n) is 41.2. The van der Waals surface area contributed by atoms with E-state index in [-0.39, 0.29) is 74.8 Å². The number of carboxylic acids is 1. The minimum absolute atomic E-state index is 0.00730. The molecule has 0 fully saturated rings. The molecule has 17 nitrogen and oxygen atoms in total. The zero-order valence-corrected chi connectivity index (χ0v) is 41.2. The number of carbonyl (C=O) groups excluding carboxylic acids is 6. The molecule has 3 rings (SSSR count). The molecule has 0 saturated heterocycles. The fourth-order valence-electron chi connectivity index (χ4n) is 7.71. The molecule has 378 valence electrons. The Morgan fingerprint density at radius 2 is 1.14 bits per heavy atom. The first-order valence-electron chi connectivity index (χ1n) is 24.2. The summed E-state index contributed by atoms with van der Waals surface area (Å²) in [6.45, 7) is 11.8. The molecular weight excluding hydrogens is 879 g/mol. The Hall–Kier alpha value is -6.17. The van der Waals surface area contributed by atoms with Gasteiger partial charge in [-0.25, -0.2) is 4.79 Å². The molecule has 0 bridgehead atoms. The number of benzene rings is 3. The van der Waals surface area contributed by atoms with Crippen molar-refractivity contribution < 1.29 is 38.7 Å². The molecule has 0 aliphatic carbocycles. The van der Waals surface area contributed by atoms with E-state index in [1.807, 2.05) is 107 Å². The van der Waals surface area contributed by atoms with Gasteiger partial charge in [-0.2, -0.15) is 0 Å². The number of aryl methyl sites for hydroxylation is 1. The van der Waals surface area contributed by atoms with Crippen LogP contribution in [0.3, 0.4) is 0 Å². The first kappa shape index (κ1) is 57.1. The molecule has 0 aromatic heterocycles. The van der Waals surface area contributed by atoms with Gasteiger partial charge in [0.2, 0.25) is 35.4 Å². The summed E-state index contributed by atoms with van der Waals surface area (Å²) in [5.74, 6) is -4.52. The van der Waals surface area contributed by atoms with E-state index in [4.69, 9.17) is 17.2 Å². The quantitative estimate of drug-likeness (QED) is 0.0464. The standard InChI is InChI=1S/C52H77N9O8/c1-32(2)29-43(52(68)69)60-49(65)41(22-14-27-54)58-51(67)46(34(5)6)61-44(62)24-23-37-18-10-11-20-39(37)38-19-12-17-36(30-38)25-28-56-47(63)42(31-35-15-8-7-9-16-35)59-48(64)40(21-13-26-53)57-50(66)45(55)33(3)4/h7-12,15-20,30,32-34,40-43,45-46H,13-14,21-29,31,53-55H2,1-6H3,(H,56,63)(H,57,66)(H,58,67)(H,59,64)(H,60,65)(H,61,62)(H,68,69)/t40-,41-,42-,43-,45-,46-/m0/s1. The summed E-state index contributed by atoms with van der Waals surface area (Å²) < 4.78 is 0. The van der Waals surface area contributed by atoms with Gasteiger partial charge in [-0.15, -0.1) is 0 Å². The second-order valence-electron chi connectivity index (χ2n) is 18.7. The highest BCUT2D eigenvalue weighted by Gasteiger charge is 2.32. The molecule has 69 heavy (non-hydrogen) atoms. The molecule has 3 aromatic rings. The van der Waals surface area contributed by atoms with Crippen molar-refractivity contribution in [1.82, 2.24) is 31.9 Å². The minimum atomic E-state index is -1.17. The lowest BCUT2D eigenvalue weighted by molar-refractivity contribution is -0.143. The second kappa shape index (κ2) is 29.7. The molecule has 0 aliphatic heterocycles. The van der Waals surface area contributed by atoms with Gasteiger partial charge >= 0.3 is 5.97 Å². The summed E-state index contributed by atoms with van der Waals surface area (Å²) in [6, 6.07) is 19.1. The van der Waals surface area contributed by atoms with Gasteiger partial charge in [0.15, 0.2) is 0 Å². The molecule has 0 unspecified atom stereocenters. The largest absolute Gasteiger partial charge is 0.480 e. The highest BCUT2D eigenvalue weighted by molar-refractivity contribution is 5.94. The molecule has 6 amide bonds. The number of nitrogens with two attached hydrogens (primary N) is 3. The number of hydrogen-bond donors (Lipinski definition) is 10. The molecule has 0 radical (unpaired) electrons. The molecule has 0 spiro atoms. The minimum Gasteiger partial charge on any atom is -0.480 e. The van der Waals surface area contributed by atoms with Crippen molar-refractivity contribution in [3.63, 3.8) is 0 Å². The number of aliphatic carboxylic acids is 1. The molecule has 17 heteroatoms. The summed E-state index contributed by atoms with van der Waals surface area (Å²) in [7, 11) is 0. The van der Waals surface area contributed by atoms with E-state index in [2.05, 4.69) is 31.9 Å². The molecule has 3 aromatic carbocycles. The van der Waals surface area contributed by atoms with Gasteiger partial charge < -0.3 is 54.2 Å². The smallest absolute Gasteiger partial charge is 0.326 e. The summed E-state index contributed by atoms with van der Waals surface area (Å²) in [5.41, 5.74) is 22.0. The average molecular weight is 956 g/mol. The van der Waals surface area contributed by atoms with Crippen molar-refractivity contribution >= 4 is 41.4 Å². The Balaban J connectivity index is 1.69. The molecule has 0 saturated carbocycles. The molecule has 0 heterocycles. The maximum atomic E-state index is 13.8. The highest BCUT2D eigenvalue weighted by Crippen LogP contribution is 2.26. The third kappa shape index (κ3) is 19.8. The van der Waals surface area contributed by atoms with Crippen molar-refractivity contribution in [2.75, 3.05) is 19.6 Å². The Kier molecular flexibility index (Phi) is 24.6. The van der Waals surface area contributed by atoms with E-state index in [9.17, 15) is 38.7 Å². The SMILES string of the molecule is CC(C)C[C@H](NC(=O)[C@H](CCCN)NC(=O)[C@@H](NC(=O)CCc1ccccc1-c1cccc(CCNC(=O)[C@H](Cc2ccccc2)NC(=O)[C@H](CCCN)NC(=O)[C@@H](N)C(C)C)c1)C(C)C)C(=O)O. The number of carboxylic acid groups (broad SMARTS) is 1. The molecule has 13 N–H and O–H groups in total. The van der Waals surface area contributed by atoms with E-state index in [0.717, 1.165) is 27.8 Å². The van der Waals surface area contributed by atoms with Crippen LogP contribution >= 0.6 is 0 Å². The third-order valence-electron chi connectivity index (χ3n) is 11.8. The van der Waals surface area contributed by atoms with Gasteiger partial charge in [-0.3, -0.25) is 28.8 Å². The van der Waals surface area contributed by atoms with Gasteiger partial charge in [-0.05, 0) is 104 Å². The van der Waals surface area contributed by atoms with Crippen molar-refractivity contribution in [1.29, 1.82) is 0 Å².